The Labute approximate surface area is 149 Å². The molecule has 1 amide bonds. The van der Waals surface area contributed by atoms with Crippen LogP contribution in [0.25, 0.3) is 0 Å². The Morgan fingerprint density at radius 1 is 1.12 bits per heavy atom. The number of benzene rings is 2. The van der Waals surface area contributed by atoms with E-state index in [-0.39, 0.29) is 6.09 Å². The second-order valence-corrected chi connectivity index (χ2v) is 6.55. The molecule has 0 N–H and O–H groups in total. The molecule has 4 heteroatoms. The smallest absolute Gasteiger partial charge is 0.409 e. The number of hydrogen-bond acceptors (Lipinski definition) is 3. The van der Waals surface area contributed by atoms with E-state index < -0.39 is 0 Å². The van der Waals surface area contributed by atoms with E-state index in [0.717, 1.165) is 37.2 Å². The second kappa shape index (κ2) is 8.06. The third kappa shape index (κ3) is 4.32. The van der Waals surface area contributed by atoms with Crippen molar-refractivity contribution in [2.24, 2.45) is 0 Å². The maximum Gasteiger partial charge on any atom is 0.409 e. The summed E-state index contributed by atoms with van der Waals surface area (Å²) in [5.41, 5.74) is 3.60. The molecule has 1 heterocycles. The molecule has 4 nitrogen and oxygen atoms in total. The van der Waals surface area contributed by atoms with Crippen LogP contribution in [0, 0.1) is 6.92 Å². The minimum atomic E-state index is -0.233. The quantitative estimate of drug-likeness (QED) is 0.822. The number of ether oxygens (including phenoxy) is 2. The van der Waals surface area contributed by atoms with Crippen LogP contribution in [0.1, 0.15) is 35.4 Å². The molecule has 0 aromatic heterocycles. The van der Waals surface area contributed by atoms with E-state index in [4.69, 9.17) is 9.47 Å². The molecule has 25 heavy (non-hydrogen) atoms. The number of likely N-dealkylation sites (tertiary alicyclic amines) is 1. The van der Waals surface area contributed by atoms with Crippen molar-refractivity contribution >= 4 is 6.09 Å². The lowest BCUT2D eigenvalue weighted by Crippen LogP contribution is -2.37. The summed E-state index contributed by atoms with van der Waals surface area (Å²) in [5, 5.41) is 0. The van der Waals surface area contributed by atoms with Gasteiger partial charge in [-0.05, 0) is 48.4 Å². The summed E-state index contributed by atoms with van der Waals surface area (Å²) in [6, 6.07) is 16.6. The van der Waals surface area contributed by atoms with Crippen molar-refractivity contribution in [2.45, 2.75) is 32.3 Å². The van der Waals surface area contributed by atoms with Gasteiger partial charge in [-0.2, -0.15) is 0 Å². The Morgan fingerprint density at radius 3 is 2.52 bits per heavy atom. The summed E-state index contributed by atoms with van der Waals surface area (Å²) >= 11 is 0. The Balaban J connectivity index is 1.70. The molecule has 0 spiro atoms. The molecule has 0 atom stereocenters. The van der Waals surface area contributed by atoms with Gasteiger partial charge in [-0.25, -0.2) is 4.79 Å². The Hall–Kier alpha value is -2.49. The summed E-state index contributed by atoms with van der Waals surface area (Å²) in [6.45, 7) is 4.10. The maximum atomic E-state index is 11.7. The van der Waals surface area contributed by atoms with Gasteiger partial charge in [-0.3, -0.25) is 0 Å². The summed E-state index contributed by atoms with van der Waals surface area (Å²) < 4.78 is 11.0. The average molecular weight is 339 g/mol. The molecule has 1 aliphatic heterocycles. The molecular formula is C21H25NO3. The molecule has 3 rings (SSSR count). The van der Waals surface area contributed by atoms with Gasteiger partial charge in [-0.15, -0.1) is 0 Å². The molecule has 132 valence electrons. The summed E-state index contributed by atoms with van der Waals surface area (Å²) in [5.74, 6) is 1.37. The van der Waals surface area contributed by atoms with Gasteiger partial charge in [0.05, 0.1) is 7.11 Å². The average Bonchev–Trinajstić information content (AvgIpc) is 2.67. The SMILES string of the molecule is COC(=O)N1CCC(c2ccc(C)cc2OCc2ccccc2)CC1. The number of hydrogen-bond donors (Lipinski definition) is 0. The van der Waals surface area contributed by atoms with Gasteiger partial charge in [0.1, 0.15) is 12.4 Å². The predicted octanol–water partition coefficient (Wildman–Crippen LogP) is 4.52. The van der Waals surface area contributed by atoms with Gasteiger partial charge in [0.15, 0.2) is 0 Å². The van der Waals surface area contributed by atoms with Crippen molar-refractivity contribution in [1.82, 2.24) is 4.90 Å². The van der Waals surface area contributed by atoms with E-state index in [1.165, 1.54) is 18.2 Å². The topological polar surface area (TPSA) is 38.8 Å². The number of rotatable bonds is 4. The van der Waals surface area contributed by atoms with Crippen LogP contribution >= 0.6 is 0 Å². The molecule has 0 unspecified atom stereocenters. The first-order valence-corrected chi connectivity index (χ1v) is 8.77. The van der Waals surface area contributed by atoms with E-state index in [1.54, 1.807) is 4.90 Å². The van der Waals surface area contributed by atoms with Gasteiger partial charge >= 0.3 is 6.09 Å². The third-order valence-corrected chi connectivity index (χ3v) is 4.77. The lowest BCUT2D eigenvalue weighted by atomic mass is 9.88. The van der Waals surface area contributed by atoms with E-state index in [0.29, 0.717) is 12.5 Å². The van der Waals surface area contributed by atoms with Crippen molar-refractivity contribution in [1.29, 1.82) is 0 Å². The number of aryl methyl sites for hydroxylation is 1. The fraction of sp³-hybridized carbons (Fsp3) is 0.381. The highest BCUT2D eigenvalue weighted by Gasteiger charge is 2.26. The number of amides is 1. The van der Waals surface area contributed by atoms with Crippen LogP contribution in [0.4, 0.5) is 4.79 Å². The molecule has 1 fully saturated rings. The molecule has 0 saturated carbocycles. The van der Waals surface area contributed by atoms with Gasteiger partial charge in [0, 0.05) is 13.1 Å². The lowest BCUT2D eigenvalue weighted by molar-refractivity contribution is 0.112. The molecule has 0 aliphatic carbocycles. The third-order valence-electron chi connectivity index (χ3n) is 4.77. The highest BCUT2D eigenvalue weighted by Crippen LogP contribution is 2.35. The monoisotopic (exact) mass is 339 g/mol. The van der Waals surface area contributed by atoms with Crippen LogP contribution in [-0.4, -0.2) is 31.2 Å². The maximum absolute atomic E-state index is 11.7. The molecule has 0 bridgehead atoms. The van der Waals surface area contributed by atoms with E-state index in [2.05, 4.69) is 37.3 Å². The number of methoxy groups -OCH3 is 1. The van der Waals surface area contributed by atoms with Crippen LogP contribution in [-0.2, 0) is 11.3 Å². The Bertz CT molecular complexity index is 706. The van der Waals surface area contributed by atoms with Gasteiger partial charge in [0.25, 0.3) is 0 Å². The van der Waals surface area contributed by atoms with Crippen LogP contribution in [0.2, 0.25) is 0 Å². The number of carbonyl (C=O) groups excluding carboxylic acids is 1. The minimum Gasteiger partial charge on any atom is -0.489 e. The van der Waals surface area contributed by atoms with Crippen LogP contribution in [0.15, 0.2) is 48.5 Å². The molecular weight excluding hydrogens is 314 g/mol. The number of carbonyl (C=O) groups is 1. The summed E-state index contributed by atoms with van der Waals surface area (Å²) in [7, 11) is 1.43. The first-order chi connectivity index (χ1) is 12.2. The van der Waals surface area contributed by atoms with Crippen molar-refractivity contribution < 1.29 is 14.3 Å². The Morgan fingerprint density at radius 2 is 1.84 bits per heavy atom. The second-order valence-electron chi connectivity index (χ2n) is 6.55. The molecule has 2 aromatic carbocycles. The van der Waals surface area contributed by atoms with Crippen LogP contribution in [0.5, 0.6) is 5.75 Å². The molecule has 0 radical (unpaired) electrons. The molecule has 1 aliphatic rings. The fourth-order valence-electron chi connectivity index (χ4n) is 3.34. The normalized spacial score (nSPS) is 15.0. The van der Waals surface area contributed by atoms with Gasteiger partial charge in [0.2, 0.25) is 0 Å². The van der Waals surface area contributed by atoms with E-state index in [1.807, 2.05) is 18.2 Å². The molecule has 2 aromatic rings. The zero-order valence-electron chi connectivity index (χ0n) is 14.9. The van der Waals surface area contributed by atoms with Gasteiger partial charge < -0.3 is 14.4 Å². The zero-order valence-corrected chi connectivity index (χ0v) is 14.9. The van der Waals surface area contributed by atoms with Crippen LogP contribution in [0.3, 0.4) is 0 Å². The predicted molar refractivity (Wildman–Crippen MR) is 97.9 cm³/mol. The number of nitrogens with zero attached hydrogens (tertiary/aromatic N) is 1. The standard InChI is InChI=1S/C21H25NO3/c1-16-8-9-19(18-10-12-22(13-11-18)21(23)24-2)20(14-16)25-15-17-6-4-3-5-7-17/h3-9,14,18H,10-13,15H2,1-2H3. The number of piperidine rings is 1. The Kier molecular flexibility index (Phi) is 5.59. The first-order valence-electron chi connectivity index (χ1n) is 8.77. The fourth-order valence-corrected chi connectivity index (χ4v) is 3.34. The minimum absolute atomic E-state index is 0.233. The van der Waals surface area contributed by atoms with Crippen molar-refractivity contribution in [2.75, 3.05) is 20.2 Å². The lowest BCUT2D eigenvalue weighted by Gasteiger charge is -2.32. The summed E-state index contributed by atoms with van der Waals surface area (Å²) in [4.78, 5) is 13.4. The zero-order chi connectivity index (χ0) is 17.6. The van der Waals surface area contributed by atoms with Crippen molar-refractivity contribution in [3.8, 4) is 5.75 Å². The highest BCUT2D eigenvalue weighted by atomic mass is 16.5. The van der Waals surface area contributed by atoms with E-state index in [9.17, 15) is 4.79 Å². The van der Waals surface area contributed by atoms with Crippen molar-refractivity contribution in [3.05, 3.63) is 65.2 Å². The van der Waals surface area contributed by atoms with Crippen molar-refractivity contribution in [3.63, 3.8) is 0 Å². The van der Waals surface area contributed by atoms with Gasteiger partial charge in [-0.1, -0.05) is 42.5 Å². The largest absolute Gasteiger partial charge is 0.489 e. The van der Waals surface area contributed by atoms with Crippen LogP contribution < -0.4 is 4.74 Å². The molecule has 1 saturated heterocycles. The first kappa shape index (κ1) is 17.3. The summed E-state index contributed by atoms with van der Waals surface area (Å²) in [6.07, 6.45) is 1.63. The highest BCUT2D eigenvalue weighted by molar-refractivity contribution is 5.67. The van der Waals surface area contributed by atoms with E-state index >= 15 is 0 Å².